The Morgan fingerprint density at radius 1 is 1.29 bits per heavy atom. The third kappa shape index (κ3) is 2.81. The van der Waals surface area contributed by atoms with Crippen LogP contribution in [0.5, 0.6) is 0 Å². The van der Waals surface area contributed by atoms with Gasteiger partial charge < -0.3 is 15.8 Å². The monoisotopic (exact) mass is 289 g/mol. The SMILES string of the molecule is CC(/C(N)=N/O)N1CCN(c2ccc3c(n2)CCC3)CC1. The molecule has 1 aliphatic heterocycles. The molecule has 1 saturated heterocycles. The molecule has 0 bridgehead atoms. The Kier molecular flexibility index (Phi) is 3.96. The molecule has 1 fully saturated rings. The number of hydrogen-bond acceptors (Lipinski definition) is 5. The van der Waals surface area contributed by atoms with Crippen LogP contribution in [-0.4, -0.2) is 53.1 Å². The summed E-state index contributed by atoms with van der Waals surface area (Å²) in [7, 11) is 0. The Morgan fingerprint density at radius 2 is 2.05 bits per heavy atom. The predicted octanol–water partition coefficient (Wildman–Crippen LogP) is 0.827. The van der Waals surface area contributed by atoms with E-state index in [0.717, 1.165) is 38.4 Å². The molecule has 1 unspecified atom stereocenters. The minimum absolute atomic E-state index is 0.0230. The van der Waals surface area contributed by atoms with E-state index in [1.165, 1.54) is 24.1 Å². The Morgan fingerprint density at radius 3 is 2.76 bits per heavy atom. The molecule has 114 valence electrons. The number of amidine groups is 1. The first-order valence-electron chi connectivity index (χ1n) is 7.64. The molecule has 1 aromatic heterocycles. The van der Waals surface area contributed by atoms with Crippen LogP contribution in [-0.2, 0) is 12.8 Å². The van der Waals surface area contributed by atoms with Crippen LogP contribution < -0.4 is 10.6 Å². The number of aromatic nitrogens is 1. The number of fused-ring (bicyclic) bond motifs is 1. The zero-order valence-electron chi connectivity index (χ0n) is 12.5. The second-order valence-corrected chi connectivity index (χ2v) is 5.85. The molecule has 0 spiro atoms. The zero-order chi connectivity index (χ0) is 14.8. The van der Waals surface area contributed by atoms with Gasteiger partial charge in [-0.05, 0) is 37.8 Å². The van der Waals surface area contributed by atoms with Crippen LogP contribution in [0.3, 0.4) is 0 Å². The normalized spacial score (nSPS) is 21.4. The zero-order valence-corrected chi connectivity index (χ0v) is 12.5. The second kappa shape index (κ2) is 5.89. The molecule has 0 saturated carbocycles. The molecule has 1 atom stereocenters. The molecular weight excluding hydrogens is 266 g/mol. The van der Waals surface area contributed by atoms with Gasteiger partial charge in [-0.25, -0.2) is 4.98 Å². The molecule has 21 heavy (non-hydrogen) atoms. The molecule has 3 N–H and O–H groups in total. The highest BCUT2D eigenvalue weighted by atomic mass is 16.4. The van der Waals surface area contributed by atoms with Crippen molar-refractivity contribution < 1.29 is 5.21 Å². The first kappa shape index (κ1) is 14.1. The largest absolute Gasteiger partial charge is 0.409 e. The van der Waals surface area contributed by atoms with E-state index in [9.17, 15) is 0 Å². The summed E-state index contributed by atoms with van der Waals surface area (Å²) in [5, 5.41) is 11.9. The van der Waals surface area contributed by atoms with Crippen LogP contribution >= 0.6 is 0 Å². The van der Waals surface area contributed by atoms with Crippen molar-refractivity contribution in [3.8, 4) is 0 Å². The third-order valence-corrected chi connectivity index (χ3v) is 4.64. The van der Waals surface area contributed by atoms with Crippen molar-refractivity contribution in [2.75, 3.05) is 31.1 Å². The van der Waals surface area contributed by atoms with Gasteiger partial charge in [0.1, 0.15) is 5.82 Å². The predicted molar refractivity (Wildman–Crippen MR) is 82.9 cm³/mol. The fraction of sp³-hybridized carbons (Fsp3) is 0.600. The maximum Gasteiger partial charge on any atom is 0.156 e. The highest BCUT2D eigenvalue weighted by molar-refractivity contribution is 5.84. The van der Waals surface area contributed by atoms with Gasteiger partial charge in [0.25, 0.3) is 0 Å². The van der Waals surface area contributed by atoms with Gasteiger partial charge in [-0.3, -0.25) is 4.90 Å². The van der Waals surface area contributed by atoms with Crippen LogP contribution in [0.25, 0.3) is 0 Å². The first-order valence-corrected chi connectivity index (χ1v) is 7.64. The number of nitrogens with two attached hydrogens (primary N) is 1. The van der Waals surface area contributed by atoms with Crippen molar-refractivity contribution in [1.82, 2.24) is 9.88 Å². The van der Waals surface area contributed by atoms with E-state index in [-0.39, 0.29) is 11.9 Å². The number of piperazine rings is 1. The lowest BCUT2D eigenvalue weighted by Crippen LogP contribution is -2.53. The van der Waals surface area contributed by atoms with Crippen LogP contribution in [0.4, 0.5) is 5.82 Å². The first-order chi connectivity index (χ1) is 10.2. The summed E-state index contributed by atoms with van der Waals surface area (Å²) in [4.78, 5) is 9.38. The number of anilines is 1. The van der Waals surface area contributed by atoms with Crippen LogP contribution in [0.15, 0.2) is 17.3 Å². The summed E-state index contributed by atoms with van der Waals surface area (Å²) >= 11 is 0. The molecule has 1 aliphatic carbocycles. The topological polar surface area (TPSA) is 78.0 Å². The number of aryl methyl sites for hydroxylation is 2. The lowest BCUT2D eigenvalue weighted by Gasteiger charge is -2.38. The molecule has 0 radical (unpaired) electrons. The number of oxime groups is 1. The fourth-order valence-corrected chi connectivity index (χ4v) is 3.19. The average molecular weight is 289 g/mol. The van der Waals surface area contributed by atoms with Gasteiger partial charge in [-0.15, -0.1) is 0 Å². The number of rotatable bonds is 3. The van der Waals surface area contributed by atoms with E-state index in [0.29, 0.717) is 0 Å². The van der Waals surface area contributed by atoms with E-state index >= 15 is 0 Å². The summed E-state index contributed by atoms with van der Waals surface area (Å²) in [6.45, 7) is 5.62. The Bertz CT molecular complexity index is 537. The molecular formula is C15H23N5O. The summed E-state index contributed by atoms with van der Waals surface area (Å²) in [5.74, 6) is 1.37. The van der Waals surface area contributed by atoms with Gasteiger partial charge in [0.05, 0.1) is 6.04 Å². The van der Waals surface area contributed by atoms with Crippen molar-refractivity contribution in [1.29, 1.82) is 0 Å². The number of nitrogens with zero attached hydrogens (tertiary/aromatic N) is 4. The fourth-order valence-electron chi connectivity index (χ4n) is 3.19. The van der Waals surface area contributed by atoms with Gasteiger partial charge >= 0.3 is 0 Å². The quantitative estimate of drug-likeness (QED) is 0.373. The van der Waals surface area contributed by atoms with Crippen molar-refractivity contribution in [3.63, 3.8) is 0 Å². The smallest absolute Gasteiger partial charge is 0.156 e. The minimum Gasteiger partial charge on any atom is -0.409 e. The molecule has 0 amide bonds. The van der Waals surface area contributed by atoms with Crippen LogP contribution in [0.2, 0.25) is 0 Å². The highest BCUT2D eigenvalue weighted by Gasteiger charge is 2.24. The van der Waals surface area contributed by atoms with Crippen molar-refractivity contribution in [2.24, 2.45) is 10.9 Å². The summed E-state index contributed by atoms with van der Waals surface area (Å²) in [5.41, 5.74) is 8.38. The molecule has 1 aromatic rings. The van der Waals surface area contributed by atoms with Crippen molar-refractivity contribution >= 4 is 11.7 Å². The van der Waals surface area contributed by atoms with Gasteiger partial charge in [-0.1, -0.05) is 11.2 Å². The Labute approximate surface area is 125 Å². The standard InChI is InChI=1S/C15H23N5O/c1-11(15(16)18-21)19-7-9-20(10-8-19)14-6-5-12-3-2-4-13(12)17-14/h5-6,11,21H,2-4,7-10H2,1H3,(H2,16,18). The summed E-state index contributed by atoms with van der Waals surface area (Å²) in [6, 6.07) is 4.35. The third-order valence-electron chi connectivity index (χ3n) is 4.64. The van der Waals surface area contributed by atoms with E-state index < -0.39 is 0 Å². The average Bonchev–Trinajstić information content (AvgIpc) is 3.01. The minimum atomic E-state index is -0.0230. The molecule has 2 heterocycles. The molecule has 3 rings (SSSR count). The number of pyridine rings is 1. The highest BCUT2D eigenvalue weighted by Crippen LogP contribution is 2.24. The van der Waals surface area contributed by atoms with E-state index in [1.54, 1.807) is 0 Å². The molecule has 2 aliphatic rings. The van der Waals surface area contributed by atoms with Crippen LogP contribution in [0, 0.1) is 0 Å². The van der Waals surface area contributed by atoms with Gasteiger partial charge in [0.2, 0.25) is 0 Å². The van der Waals surface area contributed by atoms with Gasteiger partial charge in [0.15, 0.2) is 5.84 Å². The second-order valence-electron chi connectivity index (χ2n) is 5.85. The Hall–Kier alpha value is -1.82. The van der Waals surface area contributed by atoms with E-state index in [4.69, 9.17) is 15.9 Å². The number of hydrogen-bond donors (Lipinski definition) is 2. The van der Waals surface area contributed by atoms with Crippen molar-refractivity contribution in [3.05, 3.63) is 23.4 Å². The van der Waals surface area contributed by atoms with Crippen molar-refractivity contribution in [2.45, 2.75) is 32.2 Å². The summed E-state index contributed by atoms with van der Waals surface area (Å²) in [6.07, 6.45) is 3.52. The molecule has 0 aromatic carbocycles. The lowest BCUT2D eigenvalue weighted by molar-refractivity contribution is 0.230. The lowest BCUT2D eigenvalue weighted by atomic mass is 10.2. The molecule has 6 heteroatoms. The Balaban J connectivity index is 1.63. The van der Waals surface area contributed by atoms with Gasteiger partial charge in [0, 0.05) is 31.9 Å². The van der Waals surface area contributed by atoms with Gasteiger partial charge in [-0.2, -0.15) is 0 Å². The van der Waals surface area contributed by atoms with E-state index in [1.807, 2.05) is 6.92 Å². The maximum absolute atomic E-state index is 8.77. The summed E-state index contributed by atoms with van der Waals surface area (Å²) < 4.78 is 0. The molecule has 6 nitrogen and oxygen atoms in total. The maximum atomic E-state index is 8.77. The van der Waals surface area contributed by atoms with E-state index in [2.05, 4.69) is 27.1 Å². The van der Waals surface area contributed by atoms with Crippen LogP contribution in [0.1, 0.15) is 24.6 Å².